The summed E-state index contributed by atoms with van der Waals surface area (Å²) in [5.41, 5.74) is 6.47. The van der Waals surface area contributed by atoms with Gasteiger partial charge >= 0.3 is 0 Å². The van der Waals surface area contributed by atoms with Crippen LogP contribution in [0.3, 0.4) is 0 Å². The van der Waals surface area contributed by atoms with Crippen LogP contribution < -0.4 is 15.8 Å². The molecule has 5 nitrogen and oxygen atoms in total. The van der Waals surface area contributed by atoms with Crippen molar-refractivity contribution in [2.75, 3.05) is 18.2 Å². The average molecular weight is 251 g/mol. The number of aromatic nitrogens is 2. The van der Waals surface area contributed by atoms with Crippen molar-refractivity contribution >= 4 is 28.9 Å². The van der Waals surface area contributed by atoms with Crippen molar-refractivity contribution < 1.29 is 4.74 Å². The molecule has 1 aromatic carbocycles. The van der Waals surface area contributed by atoms with Crippen LogP contribution in [0.5, 0.6) is 5.75 Å². The predicted octanol–water partition coefficient (Wildman–Crippen LogP) is 2.46. The van der Waals surface area contributed by atoms with Crippen LogP contribution >= 0.6 is 11.6 Å². The molecule has 2 rings (SSSR count). The molecule has 0 aliphatic rings. The van der Waals surface area contributed by atoms with Gasteiger partial charge in [0.05, 0.1) is 7.11 Å². The molecule has 17 heavy (non-hydrogen) atoms. The standard InChI is InChI=1S/C11H11ClN4O/c1-17-9-10(13)14-6-15-11(9)16-8-4-2-3-7(12)5-8/h2-6H,1H3,(H3,13,14,15,16). The molecular weight excluding hydrogens is 240 g/mol. The van der Waals surface area contributed by atoms with E-state index in [1.165, 1.54) is 13.4 Å². The summed E-state index contributed by atoms with van der Waals surface area (Å²) in [6, 6.07) is 7.27. The summed E-state index contributed by atoms with van der Waals surface area (Å²) in [6.07, 6.45) is 1.37. The molecule has 0 spiro atoms. The van der Waals surface area contributed by atoms with Crippen LogP contribution in [0.15, 0.2) is 30.6 Å². The summed E-state index contributed by atoms with van der Waals surface area (Å²) in [6.45, 7) is 0. The van der Waals surface area contributed by atoms with Gasteiger partial charge in [0.1, 0.15) is 6.33 Å². The van der Waals surface area contributed by atoms with Gasteiger partial charge < -0.3 is 15.8 Å². The molecule has 0 unspecified atom stereocenters. The number of methoxy groups -OCH3 is 1. The van der Waals surface area contributed by atoms with Crippen molar-refractivity contribution in [2.45, 2.75) is 0 Å². The minimum absolute atomic E-state index is 0.284. The van der Waals surface area contributed by atoms with Gasteiger partial charge in [-0.15, -0.1) is 0 Å². The third-order valence-electron chi connectivity index (χ3n) is 2.12. The molecule has 0 atom stereocenters. The lowest BCUT2D eigenvalue weighted by Gasteiger charge is -2.10. The lowest BCUT2D eigenvalue weighted by molar-refractivity contribution is 0.415. The van der Waals surface area contributed by atoms with E-state index in [4.69, 9.17) is 22.1 Å². The highest BCUT2D eigenvalue weighted by molar-refractivity contribution is 6.30. The summed E-state index contributed by atoms with van der Waals surface area (Å²) in [4.78, 5) is 7.91. The zero-order chi connectivity index (χ0) is 12.3. The molecule has 1 heterocycles. The van der Waals surface area contributed by atoms with Crippen molar-refractivity contribution in [3.8, 4) is 5.75 Å². The Morgan fingerprint density at radius 1 is 1.35 bits per heavy atom. The van der Waals surface area contributed by atoms with E-state index in [1.54, 1.807) is 12.1 Å². The molecule has 1 aromatic heterocycles. The van der Waals surface area contributed by atoms with Crippen LogP contribution in [0.2, 0.25) is 5.02 Å². The van der Waals surface area contributed by atoms with Gasteiger partial charge in [0.2, 0.25) is 5.75 Å². The molecule has 0 saturated heterocycles. The summed E-state index contributed by atoms with van der Waals surface area (Å²) in [5, 5.41) is 3.70. The first kappa shape index (κ1) is 11.5. The van der Waals surface area contributed by atoms with Gasteiger partial charge in [-0.3, -0.25) is 0 Å². The first-order chi connectivity index (χ1) is 8.20. The molecule has 0 aliphatic heterocycles. The van der Waals surface area contributed by atoms with Crippen LogP contribution in [-0.4, -0.2) is 17.1 Å². The van der Waals surface area contributed by atoms with E-state index in [0.717, 1.165) is 5.69 Å². The number of rotatable bonds is 3. The highest BCUT2D eigenvalue weighted by Gasteiger charge is 2.09. The lowest BCUT2D eigenvalue weighted by Crippen LogP contribution is -2.02. The fraction of sp³-hybridized carbons (Fsp3) is 0.0909. The third-order valence-corrected chi connectivity index (χ3v) is 2.36. The molecule has 88 valence electrons. The number of nitrogens with two attached hydrogens (primary N) is 1. The van der Waals surface area contributed by atoms with Crippen LogP contribution in [0.25, 0.3) is 0 Å². The number of nitrogens with zero attached hydrogens (tertiary/aromatic N) is 2. The number of halogens is 1. The number of ether oxygens (including phenoxy) is 1. The van der Waals surface area contributed by atoms with Crippen molar-refractivity contribution in [1.82, 2.24) is 9.97 Å². The highest BCUT2D eigenvalue weighted by atomic mass is 35.5. The SMILES string of the molecule is COc1c(N)ncnc1Nc1cccc(Cl)c1. The third kappa shape index (κ3) is 2.57. The van der Waals surface area contributed by atoms with Crippen molar-refractivity contribution in [1.29, 1.82) is 0 Å². The summed E-state index contributed by atoms with van der Waals surface area (Å²) in [5.74, 6) is 1.20. The molecule has 0 radical (unpaired) electrons. The van der Waals surface area contributed by atoms with E-state index >= 15 is 0 Å². The summed E-state index contributed by atoms with van der Waals surface area (Å²) < 4.78 is 5.13. The molecule has 0 saturated carbocycles. The highest BCUT2D eigenvalue weighted by Crippen LogP contribution is 2.29. The van der Waals surface area contributed by atoms with Crippen molar-refractivity contribution in [2.24, 2.45) is 0 Å². The molecule has 0 fully saturated rings. The molecule has 2 aromatic rings. The zero-order valence-electron chi connectivity index (χ0n) is 9.14. The van der Waals surface area contributed by atoms with E-state index in [-0.39, 0.29) is 5.82 Å². The molecule has 6 heteroatoms. The number of nitrogens with one attached hydrogen (secondary N) is 1. The minimum atomic E-state index is 0.284. The topological polar surface area (TPSA) is 73.1 Å². The smallest absolute Gasteiger partial charge is 0.204 e. The largest absolute Gasteiger partial charge is 0.490 e. The molecule has 0 aliphatic carbocycles. The Bertz CT molecular complexity index is 533. The minimum Gasteiger partial charge on any atom is -0.490 e. The van der Waals surface area contributed by atoms with Gasteiger partial charge in [0, 0.05) is 10.7 Å². The van der Waals surface area contributed by atoms with Crippen molar-refractivity contribution in [3.05, 3.63) is 35.6 Å². The van der Waals surface area contributed by atoms with Crippen LogP contribution in [0.4, 0.5) is 17.3 Å². The maximum Gasteiger partial charge on any atom is 0.204 e. The monoisotopic (exact) mass is 250 g/mol. The molecule has 0 amide bonds. The number of hydrogen-bond donors (Lipinski definition) is 2. The zero-order valence-corrected chi connectivity index (χ0v) is 9.90. The maximum atomic E-state index is 5.89. The molecule has 0 bridgehead atoms. The average Bonchev–Trinajstić information content (AvgIpc) is 2.29. The van der Waals surface area contributed by atoms with E-state index in [9.17, 15) is 0 Å². The first-order valence-electron chi connectivity index (χ1n) is 4.88. The fourth-order valence-electron chi connectivity index (χ4n) is 1.38. The Hall–Kier alpha value is -2.01. The number of benzene rings is 1. The molecule has 3 N–H and O–H groups in total. The van der Waals surface area contributed by atoms with Gasteiger partial charge in [-0.1, -0.05) is 17.7 Å². The van der Waals surface area contributed by atoms with Gasteiger partial charge in [-0.25, -0.2) is 9.97 Å². The number of anilines is 3. The first-order valence-corrected chi connectivity index (χ1v) is 5.25. The van der Waals surface area contributed by atoms with Gasteiger partial charge in [-0.2, -0.15) is 0 Å². The van der Waals surface area contributed by atoms with Gasteiger partial charge in [0.25, 0.3) is 0 Å². The second-order valence-electron chi connectivity index (χ2n) is 3.28. The van der Waals surface area contributed by atoms with E-state index in [0.29, 0.717) is 16.6 Å². The van der Waals surface area contributed by atoms with Crippen LogP contribution in [0.1, 0.15) is 0 Å². The fourth-order valence-corrected chi connectivity index (χ4v) is 1.57. The quantitative estimate of drug-likeness (QED) is 0.875. The number of nitrogen functional groups attached to an aromatic ring is 1. The van der Waals surface area contributed by atoms with Crippen LogP contribution in [-0.2, 0) is 0 Å². The lowest BCUT2D eigenvalue weighted by atomic mass is 10.3. The van der Waals surface area contributed by atoms with Crippen LogP contribution in [0, 0.1) is 0 Å². The number of hydrogen-bond acceptors (Lipinski definition) is 5. The van der Waals surface area contributed by atoms with E-state index in [1.807, 2.05) is 12.1 Å². The maximum absolute atomic E-state index is 5.89. The van der Waals surface area contributed by atoms with E-state index in [2.05, 4.69) is 15.3 Å². The Morgan fingerprint density at radius 3 is 2.88 bits per heavy atom. The second-order valence-corrected chi connectivity index (χ2v) is 3.71. The normalized spacial score (nSPS) is 10.0. The molecular formula is C11H11ClN4O. The van der Waals surface area contributed by atoms with E-state index < -0.39 is 0 Å². The van der Waals surface area contributed by atoms with Gasteiger partial charge in [-0.05, 0) is 18.2 Å². The summed E-state index contributed by atoms with van der Waals surface area (Å²) >= 11 is 5.89. The Balaban J connectivity index is 2.33. The predicted molar refractivity (Wildman–Crippen MR) is 67.7 cm³/mol. The van der Waals surface area contributed by atoms with Gasteiger partial charge in [0.15, 0.2) is 11.6 Å². The summed E-state index contributed by atoms with van der Waals surface area (Å²) in [7, 11) is 1.51. The Labute approximate surface area is 104 Å². The Kier molecular flexibility index (Phi) is 3.30. The van der Waals surface area contributed by atoms with Crippen molar-refractivity contribution in [3.63, 3.8) is 0 Å². The second kappa shape index (κ2) is 4.88. The Morgan fingerprint density at radius 2 is 2.18 bits per heavy atom.